The quantitative estimate of drug-likeness (QED) is 0.446. The number of hydrogen-bond donors (Lipinski definition) is 1. The topological polar surface area (TPSA) is 82.4 Å². The second kappa shape index (κ2) is 9.38. The number of aryl methyl sites for hydroxylation is 1. The average Bonchev–Trinajstić information content (AvgIpc) is 3.45. The van der Waals surface area contributed by atoms with Crippen molar-refractivity contribution in [1.82, 2.24) is 34.6 Å². The molecule has 0 unspecified atom stereocenters. The summed E-state index contributed by atoms with van der Waals surface area (Å²) in [4.78, 5) is 20.5. The first-order valence-electron chi connectivity index (χ1n) is 11.6. The van der Waals surface area contributed by atoms with E-state index in [1.807, 2.05) is 39.2 Å². The summed E-state index contributed by atoms with van der Waals surface area (Å²) in [6.07, 6.45) is 3.55. The van der Waals surface area contributed by atoms with Gasteiger partial charge in [0.15, 0.2) is 5.65 Å². The molecular formula is C26H33N7O. The first kappa shape index (κ1) is 23.6. The van der Waals surface area contributed by atoms with E-state index in [-0.39, 0.29) is 17.9 Å². The van der Waals surface area contributed by atoms with Crippen LogP contribution in [0.25, 0.3) is 28.2 Å². The first-order valence-corrected chi connectivity index (χ1v) is 11.6. The molecule has 4 rings (SSSR count). The number of pyridine rings is 1. The molecule has 3 aromatic heterocycles. The molecule has 178 valence electrons. The van der Waals surface area contributed by atoms with Gasteiger partial charge in [-0.1, -0.05) is 38.1 Å². The highest BCUT2D eigenvalue weighted by molar-refractivity contribution is 5.79. The van der Waals surface area contributed by atoms with Gasteiger partial charge in [0.05, 0.1) is 24.0 Å². The number of nitrogens with one attached hydrogen (secondary N) is 1. The molecule has 0 aliphatic carbocycles. The molecule has 0 saturated heterocycles. The van der Waals surface area contributed by atoms with Crippen molar-refractivity contribution >= 4 is 11.6 Å². The van der Waals surface area contributed by atoms with E-state index in [2.05, 4.69) is 66.3 Å². The number of hydrogen-bond acceptors (Lipinski definition) is 5. The maximum absolute atomic E-state index is 12.5. The molecule has 8 heteroatoms. The molecule has 1 aromatic carbocycles. The molecule has 4 aromatic rings. The fraction of sp³-hybridized carbons (Fsp3) is 0.385. The lowest BCUT2D eigenvalue weighted by Gasteiger charge is -2.26. The van der Waals surface area contributed by atoms with Crippen molar-refractivity contribution in [2.75, 3.05) is 27.7 Å². The molecule has 0 aliphatic rings. The number of nitrogens with zero attached hydrogens (tertiary/aromatic N) is 6. The van der Waals surface area contributed by atoms with Crippen LogP contribution in [-0.4, -0.2) is 68.2 Å². The van der Waals surface area contributed by atoms with Crippen molar-refractivity contribution < 1.29 is 4.79 Å². The van der Waals surface area contributed by atoms with Gasteiger partial charge in [-0.05, 0) is 56.6 Å². The van der Waals surface area contributed by atoms with Crippen LogP contribution in [0.15, 0.2) is 42.9 Å². The first-order chi connectivity index (χ1) is 16.2. The van der Waals surface area contributed by atoms with Crippen LogP contribution in [-0.2, 0) is 4.79 Å². The standard InChI is InChI=1S/C26H33N7O/c1-16(2)23-24(29-30-25(23)21-12-17(3)26-27-15-28-33(26)13-21)20-10-8-19(9-11-20)18(4)32(7)22(34)14-31(5)6/h8-13,15-16,18H,14H2,1-7H3,(H,29,30)/t18-/m0/s1. The van der Waals surface area contributed by atoms with Gasteiger partial charge in [-0.3, -0.25) is 9.89 Å². The van der Waals surface area contributed by atoms with E-state index in [4.69, 9.17) is 5.10 Å². The van der Waals surface area contributed by atoms with E-state index in [1.165, 1.54) is 0 Å². The Morgan fingerprint density at radius 2 is 1.79 bits per heavy atom. The third kappa shape index (κ3) is 4.46. The fourth-order valence-electron chi connectivity index (χ4n) is 4.33. The number of rotatable bonds is 7. The summed E-state index contributed by atoms with van der Waals surface area (Å²) >= 11 is 0. The molecular weight excluding hydrogens is 426 g/mol. The van der Waals surface area contributed by atoms with Crippen LogP contribution in [0.4, 0.5) is 0 Å². The Morgan fingerprint density at radius 1 is 1.09 bits per heavy atom. The predicted molar refractivity (Wildman–Crippen MR) is 135 cm³/mol. The summed E-state index contributed by atoms with van der Waals surface area (Å²) in [6, 6.07) is 10.5. The van der Waals surface area contributed by atoms with Gasteiger partial charge in [-0.25, -0.2) is 9.50 Å². The van der Waals surface area contributed by atoms with Gasteiger partial charge in [-0.2, -0.15) is 10.2 Å². The third-order valence-electron chi connectivity index (χ3n) is 6.32. The van der Waals surface area contributed by atoms with Gasteiger partial charge in [0.25, 0.3) is 0 Å². The van der Waals surface area contributed by atoms with Gasteiger partial charge < -0.3 is 9.80 Å². The minimum Gasteiger partial charge on any atom is -0.338 e. The highest BCUT2D eigenvalue weighted by Gasteiger charge is 2.21. The fourth-order valence-corrected chi connectivity index (χ4v) is 4.33. The molecule has 8 nitrogen and oxygen atoms in total. The number of fused-ring (bicyclic) bond motifs is 1. The zero-order valence-electron chi connectivity index (χ0n) is 21.0. The minimum atomic E-state index is -0.0132. The van der Waals surface area contributed by atoms with Crippen molar-refractivity contribution in [2.24, 2.45) is 0 Å². The Morgan fingerprint density at radius 3 is 2.44 bits per heavy atom. The van der Waals surface area contributed by atoms with E-state index in [1.54, 1.807) is 15.7 Å². The monoisotopic (exact) mass is 459 g/mol. The molecule has 0 saturated carbocycles. The Kier molecular flexibility index (Phi) is 6.52. The Bertz CT molecular complexity index is 1300. The lowest BCUT2D eigenvalue weighted by Crippen LogP contribution is -2.36. The summed E-state index contributed by atoms with van der Waals surface area (Å²) in [5.74, 6) is 0.366. The van der Waals surface area contributed by atoms with E-state index in [9.17, 15) is 4.79 Å². The number of aromatic amines is 1. The summed E-state index contributed by atoms with van der Waals surface area (Å²) in [7, 11) is 5.67. The van der Waals surface area contributed by atoms with Gasteiger partial charge >= 0.3 is 0 Å². The molecule has 0 bridgehead atoms. The van der Waals surface area contributed by atoms with Gasteiger partial charge in [-0.15, -0.1) is 0 Å². The van der Waals surface area contributed by atoms with Gasteiger partial charge in [0.1, 0.15) is 6.33 Å². The zero-order valence-corrected chi connectivity index (χ0v) is 21.0. The van der Waals surface area contributed by atoms with Gasteiger partial charge in [0, 0.05) is 24.4 Å². The molecule has 1 N–H and O–H groups in total. The lowest BCUT2D eigenvalue weighted by molar-refractivity contribution is -0.132. The van der Waals surface area contributed by atoms with E-state index >= 15 is 0 Å². The number of carbonyl (C=O) groups excluding carboxylic acids is 1. The number of H-pyrrole nitrogens is 1. The second-order valence-corrected chi connectivity index (χ2v) is 9.50. The van der Waals surface area contributed by atoms with Crippen molar-refractivity contribution in [3.63, 3.8) is 0 Å². The molecule has 0 radical (unpaired) electrons. The average molecular weight is 460 g/mol. The molecule has 0 fully saturated rings. The third-order valence-corrected chi connectivity index (χ3v) is 6.32. The van der Waals surface area contributed by atoms with E-state index in [0.717, 1.165) is 44.9 Å². The highest BCUT2D eigenvalue weighted by Crippen LogP contribution is 2.36. The lowest BCUT2D eigenvalue weighted by atomic mass is 9.93. The smallest absolute Gasteiger partial charge is 0.236 e. The Labute approximate surface area is 200 Å². The molecule has 34 heavy (non-hydrogen) atoms. The van der Waals surface area contributed by atoms with Crippen LogP contribution in [0, 0.1) is 6.92 Å². The number of likely N-dealkylation sites (N-methyl/N-ethyl adjacent to an activating group) is 2. The molecule has 3 heterocycles. The van der Waals surface area contributed by atoms with E-state index < -0.39 is 0 Å². The Balaban J connectivity index is 1.66. The summed E-state index contributed by atoms with van der Waals surface area (Å²) in [5, 5.41) is 12.3. The summed E-state index contributed by atoms with van der Waals surface area (Å²) < 4.78 is 1.80. The van der Waals surface area contributed by atoms with Crippen LogP contribution < -0.4 is 0 Å². The van der Waals surface area contributed by atoms with Crippen LogP contribution in [0.1, 0.15) is 49.4 Å². The van der Waals surface area contributed by atoms with Crippen molar-refractivity contribution in [2.45, 2.75) is 39.7 Å². The van der Waals surface area contributed by atoms with Crippen molar-refractivity contribution in [1.29, 1.82) is 0 Å². The van der Waals surface area contributed by atoms with Crippen molar-refractivity contribution in [3.05, 3.63) is 59.5 Å². The van der Waals surface area contributed by atoms with E-state index in [0.29, 0.717) is 6.54 Å². The number of benzene rings is 1. The molecule has 0 spiro atoms. The number of aromatic nitrogens is 5. The van der Waals surface area contributed by atoms with Crippen LogP contribution in [0.3, 0.4) is 0 Å². The second-order valence-electron chi connectivity index (χ2n) is 9.50. The molecule has 1 atom stereocenters. The zero-order chi connectivity index (χ0) is 24.6. The summed E-state index contributed by atoms with van der Waals surface area (Å²) in [6.45, 7) is 8.85. The molecule has 0 aliphatic heterocycles. The Hall–Kier alpha value is -3.52. The predicted octanol–water partition coefficient (Wildman–Crippen LogP) is 4.30. The number of amides is 1. The maximum atomic E-state index is 12.5. The number of carbonyl (C=O) groups is 1. The van der Waals surface area contributed by atoms with Crippen molar-refractivity contribution in [3.8, 4) is 22.5 Å². The molecule has 1 amide bonds. The van der Waals surface area contributed by atoms with Crippen LogP contribution in [0.5, 0.6) is 0 Å². The van der Waals surface area contributed by atoms with Crippen LogP contribution >= 0.6 is 0 Å². The minimum absolute atomic E-state index is 0.0132. The SMILES string of the molecule is Cc1cc(-c2n[nH]c(-c3ccc([C@H](C)N(C)C(=O)CN(C)C)cc3)c2C(C)C)cn2ncnc12. The largest absolute Gasteiger partial charge is 0.338 e. The van der Waals surface area contributed by atoms with Gasteiger partial charge in [0.2, 0.25) is 5.91 Å². The normalized spacial score (nSPS) is 12.6. The maximum Gasteiger partial charge on any atom is 0.236 e. The van der Waals surface area contributed by atoms with Crippen LogP contribution in [0.2, 0.25) is 0 Å². The summed E-state index contributed by atoms with van der Waals surface area (Å²) in [5.41, 5.74) is 8.18. The highest BCUT2D eigenvalue weighted by atomic mass is 16.2.